The maximum Gasteiger partial charge on any atom is 0.261 e. The zero-order valence-electron chi connectivity index (χ0n) is 12.0. The maximum atomic E-state index is 12.4. The molecular formula is C16H18N2O3. The molecule has 1 aromatic carbocycles. The first kappa shape index (κ1) is 13.8. The van der Waals surface area contributed by atoms with Gasteiger partial charge < -0.3 is 4.90 Å². The lowest BCUT2D eigenvalue weighted by Gasteiger charge is -2.35. The van der Waals surface area contributed by atoms with E-state index in [2.05, 4.69) is 0 Å². The zero-order valence-corrected chi connectivity index (χ0v) is 12.0. The van der Waals surface area contributed by atoms with Gasteiger partial charge in [0.2, 0.25) is 5.91 Å². The fraction of sp³-hybridized carbons (Fsp3) is 0.438. The molecule has 1 fully saturated rings. The summed E-state index contributed by atoms with van der Waals surface area (Å²) in [4.78, 5) is 39.7. The number of piperidine rings is 1. The third kappa shape index (κ3) is 2.22. The first-order chi connectivity index (χ1) is 10.1. The Kier molecular flexibility index (Phi) is 3.49. The Labute approximate surface area is 123 Å². The highest BCUT2D eigenvalue weighted by Gasteiger charge is 2.40. The molecule has 0 atom stereocenters. The smallest absolute Gasteiger partial charge is 0.261 e. The van der Waals surface area contributed by atoms with E-state index < -0.39 is 0 Å². The summed E-state index contributed by atoms with van der Waals surface area (Å²) in [5, 5.41) is 0. The van der Waals surface area contributed by atoms with Gasteiger partial charge in [0, 0.05) is 25.6 Å². The molecule has 5 nitrogen and oxygen atoms in total. The van der Waals surface area contributed by atoms with E-state index in [0.717, 1.165) is 0 Å². The van der Waals surface area contributed by atoms with Gasteiger partial charge in [-0.05, 0) is 25.0 Å². The Bertz CT molecular complexity index is 568. The van der Waals surface area contributed by atoms with Gasteiger partial charge in [-0.2, -0.15) is 0 Å². The van der Waals surface area contributed by atoms with Crippen LogP contribution in [-0.4, -0.2) is 46.7 Å². The molecule has 0 unspecified atom stereocenters. The van der Waals surface area contributed by atoms with Crippen LogP contribution in [0, 0.1) is 0 Å². The second kappa shape index (κ2) is 5.31. The monoisotopic (exact) mass is 286 g/mol. The zero-order chi connectivity index (χ0) is 15.0. The molecule has 0 saturated carbocycles. The minimum absolute atomic E-state index is 0.0988. The van der Waals surface area contributed by atoms with E-state index in [-0.39, 0.29) is 23.8 Å². The van der Waals surface area contributed by atoms with Crippen molar-refractivity contribution in [2.75, 3.05) is 13.1 Å². The molecule has 0 spiro atoms. The van der Waals surface area contributed by atoms with Crippen LogP contribution in [0.1, 0.15) is 46.9 Å². The van der Waals surface area contributed by atoms with Crippen LogP contribution in [0.5, 0.6) is 0 Å². The van der Waals surface area contributed by atoms with Gasteiger partial charge in [0.25, 0.3) is 11.8 Å². The number of likely N-dealkylation sites (tertiary alicyclic amines) is 1. The number of hydrogen-bond acceptors (Lipinski definition) is 3. The third-order valence-electron chi connectivity index (χ3n) is 4.31. The number of carbonyl (C=O) groups is 3. The molecule has 3 rings (SSSR count). The van der Waals surface area contributed by atoms with Crippen molar-refractivity contribution >= 4 is 17.7 Å². The maximum absolute atomic E-state index is 12.4. The summed E-state index contributed by atoms with van der Waals surface area (Å²) in [5.41, 5.74) is 0.990. The van der Waals surface area contributed by atoms with Gasteiger partial charge in [0.1, 0.15) is 0 Å². The summed E-state index contributed by atoms with van der Waals surface area (Å²) >= 11 is 0. The van der Waals surface area contributed by atoms with Crippen LogP contribution in [-0.2, 0) is 4.79 Å². The minimum atomic E-state index is -0.198. The van der Waals surface area contributed by atoms with Crippen LogP contribution in [0.15, 0.2) is 24.3 Å². The quantitative estimate of drug-likeness (QED) is 0.777. The first-order valence-electron chi connectivity index (χ1n) is 7.38. The van der Waals surface area contributed by atoms with Crippen LogP contribution in [0.3, 0.4) is 0 Å². The Balaban J connectivity index is 1.74. The van der Waals surface area contributed by atoms with Crippen molar-refractivity contribution in [3.8, 4) is 0 Å². The number of imide groups is 1. The largest absolute Gasteiger partial charge is 0.343 e. The minimum Gasteiger partial charge on any atom is -0.343 e. The van der Waals surface area contributed by atoms with Crippen molar-refractivity contribution in [1.29, 1.82) is 0 Å². The molecular weight excluding hydrogens is 268 g/mol. The van der Waals surface area contributed by atoms with E-state index in [1.165, 1.54) is 4.90 Å². The number of rotatable bonds is 2. The third-order valence-corrected chi connectivity index (χ3v) is 4.31. The molecule has 1 saturated heterocycles. The van der Waals surface area contributed by atoms with Crippen LogP contribution in [0.2, 0.25) is 0 Å². The second-order valence-electron chi connectivity index (χ2n) is 5.49. The van der Waals surface area contributed by atoms with E-state index in [1.54, 1.807) is 24.3 Å². The van der Waals surface area contributed by atoms with Gasteiger partial charge in [-0.15, -0.1) is 0 Å². The fourth-order valence-electron chi connectivity index (χ4n) is 3.14. The number of amides is 3. The lowest BCUT2D eigenvalue weighted by molar-refractivity contribution is -0.132. The Morgan fingerprint density at radius 2 is 1.62 bits per heavy atom. The number of carbonyl (C=O) groups excluding carboxylic acids is 3. The van der Waals surface area contributed by atoms with Gasteiger partial charge in [-0.25, -0.2) is 0 Å². The second-order valence-corrected chi connectivity index (χ2v) is 5.49. The summed E-state index contributed by atoms with van der Waals surface area (Å²) < 4.78 is 0. The predicted molar refractivity (Wildman–Crippen MR) is 76.8 cm³/mol. The highest BCUT2D eigenvalue weighted by Crippen LogP contribution is 2.28. The summed E-state index contributed by atoms with van der Waals surface area (Å²) in [6.45, 7) is 3.08. The Morgan fingerprint density at radius 3 is 2.10 bits per heavy atom. The van der Waals surface area contributed by atoms with E-state index in [4.69, 9.17) is 0 Å². The highest BCUT2D eigenvalue weighted by atomic mass is 16.2. The van der Waals surface area contributed by atoms with E-state index in [1.807, 2.05) is 11.8 Å². The number of nitrogens with zero attached hydrogens (tertiary/aromatic N) is 2. The van der Waals surface area contributed by atoms with Crippen LogP contribution >= 0.6 is 0 Å². The van der Waals surface area contributed by atoms with Crippen molar-refractivity contribution in [3.05, 3.63) is 35.4 Å². The molecule has 0 aromatic heterocycles. The van der Waals surface area contributed by atoms with E-state index in [9.17, 15) is 14.4 Å². The summed E-state index contributed by atoms with van der Waals surface area (Å²) in [5.74, 6) is -0.262. The molecule has 110 valence electrons. The Hall–Kier alpha value is -2.17. The van der Waals surface area contributed by atoms with Crippen molar-refractivity contribution in [2.24, 2.45) is 0 Å². The summed E-state index contributed by atoms with van der Waals surface area (Å²) in [6.07, 6.45) is 1.83. The molecule has 2 aliphatic rings. The molecule has 2 heterocycles. The fourth-order valence-corrected chi connectivity index (χ4v) is 3.14. The topological polar surface area (TPSA) is 57.7 Å². The highest BCUT2D eigenvalue weighted by molar-refractivity contribution is 6.21. The van der Waals surface area contributed by atoms with Gasteiger partial charge in [-0.3, -0.25) is 19.3 Å². The molecule has 3 amide bonds. The first-order valence-corrected chi connectivity index (χ1v) is 7.38. The lowest BCUT2D eigenvalue weighted by atomic mass is 10.0. The molecule has 1 aromatic rings. The molecule has 0 aliphatic carbocycles. The molecule has 2 aliphatic heterocycles. The normalized spacial score (nSPS) is 19.1. The van der Waals surface area contributed by atoms with Crippen molar-refractivity contribution in [3.63, 3.8) is 0 Å². The number of benzene rings is 1. The number of hydrogen-bond donors (Lipinski definition) is 0. The van der Waals surface area contributed by atoms with Gasteiger partial charge in [0.15, 0.2) is 0 Å². The SMILES string of the molecule is CCC(=O)N1CCC(N2C(=O)c3ccccc3C2=O)CC1. The molecule has 0 bridgehead atoms. The van der Waals surface area contributed by atoms with Crippen molar-refractivity contribution < 1.29 is 14.4 Å². The Morgan fingerprint density at radius 1 is 1.10 bits per heavy atom. The molecule has 5 heteroatoms. The van der Waals surface area contributed by atoms with E-state index >= 15 is 0 Å². The van der Waals surface area contributed by atoms with Crippen LogP contribution < -0.4 is 0 Å². The van der Waals surface area contributed by atoms with Crippen molar-refractivity contribution in [1.82, 2.24) is 9.80 Å². The average Bonchev–Trinajstić information content (AvgIpc) is 2.79. The predicted octanol–water partition coefficient (Wildman–Crippen LogP) is 1.68. The summed E-state index contributed by atoms with van der Waals surface area (Å²) in [6, 6.07) is 6.85. The molecule has 0 N–H and O–H groups in total. The van der Waals surface area contributed by atoms with Crippen molar-refractivity contribution in [2.45, 2.75) is 32.2 Å². The molecule has 21 heavy (non-hydrogen) atoms. The van der Waals surface area contributed by atoms with Crippen LogP contribution in [0.4, 0.5) is 0 Å². The van der Waals surface area contributed by atoms with Gasteiger partial charge in [-0.1, -0.05) is 19.1 Å². The molecule has 0 radical (unpaired) electrons. The summed E-state index contributed by atoms with van der Waals surface area (Å²) in [7, 11) is 0. The standard InChI is InChI=1S/C16H18N2O3/c1-2-14(19)17-9-7-11(8-10-17)18-15(20)12-5-3-4-6-13(12)16(18)21/h3-6,11H,2,7-10H2,1H3. The van der Waals surface area contributed by atoms with Gasteiger partial charge >= 0.3 is 0 Å². The van der Waals surface area contributed by atoms with Crippen LogP contribution in [0.25, 0.3) is 0 Å². The number of fused-ring (bicyclic) bond motifs is 1. The van der Waals surface area contributed by atoms with E-state index in [0.29, 0.717) is 43.5 Å². The average molecular weight is 286 g/mol. The lowest BCUT2D eigenvalue weighted by Crippen LogP contribution is -2.48. The van der Waals surface area contributed by atoms with Gasteiger partial charge in [0.05, 0.1) is 11.1 Å².